The minimum atomic E-state index is -0.556. The molecular weight excluding hydrogens is 323 g/mol. The van der Waals surface area contributed by atoms with E-state index in [1.807, 2.05) is 0 Å². The molecule has 0 aliphatic carbocycles. The highest BCUT2D eigenvalue weighted by molar-refractivity contribution is 6.03. The number of Topliss-reactive ketones (excluding diaryl/α,β-unsaturated/α-hetero) is 1. The normalized spacial score (nSPS) is 16.8. The number of benzene rings is 2. The summed E-state index contributed by atoms with van der Waals surface area (Å²) in [6.07, 6.45) is 0.0334. The highest BCUT2D eigenvalue weighted by Gasteiger charge is 2.36. The van der Waals surface area contributed by atoms with Gasteiger partial charge in [0.2, 0.25) is 11.8 Å². The second kappa shape index (κ2) is 6.84. The standard InChI is InChI=1S/C19H17FN2O3/c1-12(23)13-6-8-15(9-7-13)21-19(25)14-10-18(24)22(11-14)17-5-3-2-4-16(17)20/h2-9,14H,10-11H2,1H3,(H,21,25)/t14-/m1/s1. The number of rotatable bonds is 4. The molecule has 6 heteroatoms. The van der Waals surface area contributed by atoms with E-state index in [2.05, 4.69) is 5.32 Å². The van der Waals surface area contributed by atoms with E-state index in [0.717, 1.165) is 0 Å². The quantitative estimate of drug-likeness (QED) is 0.870. The Bertz CT molecular complexity index is 833. The molecule has 2 aromatic rings. The van der Waals surface area contributed by atoms with E-state index in [1.54, 1.807) is 36.4 Å². The maximum atomic E-state index is 13.9. The Balaban J connectivity index is 1.68. The van der Waals surface area contributed by atoms with E-state index in [9.17, 15) is 18.8 Å². The third-order valence-corrected chi connectivity index (χ3v) is 4.20. The lowest BCUT2D eigenvalue weighted by Gasteiger charge is -2.17. The Labute approximate surface area is 144 Å². The van der Waals surface area contributed by atoms with E-state index in [-0.39, 0.29) is 36.3 Å². The van der Waals surface area contributed by atoms with Crippen LogP contribution in [0.4, 0.5) is 15.8 Å². The van der Waals surface area contributed by atoms with Crippen LogP contribution in [0.15, 0.2) is 48.5 Å². The molecule has 1 fully saturated rings. The number of hydrogen-bond donors (Lipinski definition) is 1. The van der Waals surface area contributed by atoms with Crippen molar-refractivity contribution in [2.75, 3.05) is 16.8 Å². The van der Waals surface area contributed by atoms with Gasteiger partial charge < -0.3 is 10.2 Å². The summed E-state index contributed by atoms with van der Waals surface area (Å²) in [6, 6.07) is 12.5. The van der Waals surface area contributed by atoms with E-state index in [0.29, 0.717) is 11.3 Å². The number of nitrogens with one attached hydrogen (secondary N) is 1. The Kier molecular flexibility index (Phi) is 4.61. The molecule has 0 saturated carbocycles. The number of nitrogens with zero attached hydrogens (tertiary/aromatic N) is 1. The second-order valence-corrected chi connectivity index (χ2v) is 5.98. The van der Waals surface area contributed by atoms with Gasteiger partial charge in [0.05, 0.1) is 11.6 Å². The minimum absolute atomic E-state index is 0.0334. The summed E-state index contributed by atoms with van der Waals surface area (Å²) < 4.78 is 13.9. The predicted octanol–water partition coefficient (Wildman–Crippen LogP) is 3.02. The molecule has 3 rings (SSSR count). The highest BCUT2D eigenvalue weighted by atomic mass is 19.1. The molecule has 0 unspecified atom stereocenters. The fourth-order valence-electron chi connectivity index (χ4n) is 2.82. The predicted molar refractivity (Wildman–Crippen MR) is 91.9 cm³/mol. The Morgan fingerprint density at radius 2 is 1.80 bits per heavy atom. The molecule has 1 aliphatic rings. The van der Waals surface area contributed by atoms with Crippen molar-refractivity contribution in [1.82, 2.24) is 0 Å². The summed E-state index contributed by atoms with van der Waals surface area (Å²) in [4.78, 5) is 37.1. The zero-order valence-corrected chi connectivity index (χ0v) is 13.7. The van der Waals surface area contributed by atoms with Crippen LogP contribution in [0.25, 0.3) is 0 Å². The van der Waals surface area contributed by atoms with Gasteiger partial charge in [0, 0.05) is 24.2 Å². The largest absolute Gasteiger partial charge is 0.326 e. The fourth-order valence-corrected chi connectivity index (χ4v) is 2.82. The van der Waals surface area contributed by atoms with Crippen LogP contribution in [0.2, 0.25) is 0 Å². The molecule has 1 aliphatic heterocycles. The van der Waals surface area contributed by atoms with Gasteiger partial charge in [-0.05, 0) is 43.3 Å². The summed E-state index contributed by atoms with van der Waals surface area (Å²) in [7, 11) is 0. The SMILES string of the molecule is CC(=O)c1ccc(NC(=O)[C@@H]2CC(=O)N(c3ccccc3F)C2)cc1. The molecule has 0 aromatic heterocycles. The highest BCUT2D eigenvalue weighted by Crippen LogP contribution is 2.28. The van der Waals surface area contributed by atoms with Crippen molar-refractivity contribution in [3.8, 4) is 0 Å². The first kappa shape index (κ1) is 16.8. The maximum Gasteiger partial charge on any atom is 0.229 e. The lowest BCUT2D eigenvalue weighted by molar-refractivity contribution is -0.122. The van der Waals surface area contributed by atoms with Crippen molar-refractivity contribution in [1.29, 1.82) is 0 Å². The third-order valence-electron chi connectivity index (χ3n) is 4.20. The number of halogens is 1. The summed E-state index contributed by atoms with van der Waals surface area (Å²) in [6.45, 7) is 1.60. The first-order chi connectivity index (χ1) is 12.0. The van der Waals surface area contributed by atoms with Crippen LogP contribution >= 0.6 is 0 Å². The van der Waals surface area contributed by atoms with Gasteiger partial charge in [-0.3, -0.25) is 14.4 Å². The number of amides is 2. The molecule has 25 heavy (non-hydrogen) atoms. The maximum absolute atomic E-state index is 13.9. The molecule has 1 N–H and O–H groups in total. The first-order valence-electron chi connectivity index (χ1n) is 7.92. The monoisotopic (exact) mass is 340 g/mol. The van der Waals surface area contributed by atoms with Gasteiger partial charge in [0.1, 0.15) is 5.82 Å². The average molecular weight is 340 g/mol. The Hall–Kier alpha value is -3.02. The lowest BCUT2D eigenvalue weighted by Crippen LogP contribution is -2.28. The van der Waals surface area contributed by atoms with Gasteiger partial charge in [0.25, 0.3) is 0 Å². The molecule has 0 spiro atoms. The molecule has 1 atom stereocenters. The summed E-state index contributed by atoms with van der Waals surface area (Å²) in [5, 5.41) is 2.73. The molecule has 128 valence electrons. The molecule has 0 bridgehead atoms. The Morgan fingerprint density at radius 3 is 2.44 bits per heavy atom. The van der Waals surface area contributed by atoms with Gasteiger partial charge in [-0.2, -0.15) is 0 Å². The zero-order valence-electron chi connectivity index (χ0n) is 13.7. The topological polar surface area (TPSA) is 66.5 Å². The number of para-hydroxylation sites is 1. The molecule has 0 radical (unpaired) electrons. The van der Waals surface area contributed by atoms with Gasteiger partial charge in [-0.1, -0.05) is 12.1 Å². The van der Waals surface area contributed by atoms with Crippen molar-refractivity contribution in [2.45, 2.75) is 13.3 Å². The van der Waals surface area contributed by atoms with Crippen molar-refractivity contribution < 1.29 is 18.8 Å². The van der Waals surface area contributed by atoms with Crippen LogP contribution in [0, 0.1) is 11.7 Å². The van der Waals surface area contributed by atoms with E-state index in [1.165, 1.54) is 24.0 Å². The molecule has 1 saturated heterocycles. The van der Waals surface area contributed by atoms with Crippen molar-refractivity contribution in [3.05, 3.63) is 59.9 Å². The van der Waals surface area contributed by atoms with Gasteiger partial charge in [0.15, 0.2) is 5.78 Å². The fraction of sp³-hybridized carbons (Fsp3) is 0.211. The van der Waals surface area contributed by atoms with Crippen LogP contribution in [0.1, 0.15) is 23.7 Å². The van der Waals surface area contributed by atoms with Crippen molar-refractivity contribution in [2.24, 2.45) is 5.92 Å². The molecule has 2 amide bonds. The van der Waals surface area contributed by atoms with E-state index in [4.69, 9.17) is 0 Å². The molecular formula is C19H17FN2O3. The summed E-state index contributed by atoms with van der Waals surface area (Å²) in [5.74, 6) is -1.68. The summed E-state index contributed by atoms with van der Waals surface area (Å²) in [5.41, 5.74) is 1.29. The van der Waals surface area contributed by atoms with Crippen molar-refractivity contribution >= 4 is 29.0 Å². The van der Waals surface area contributed by atoms with Crippen LogP contribution in [0.5, 0.6) is 0 Å². The van der Waals surface area contributed by atoms with Crippen LogP contribution in [-0.2, 0) is 9.59 Å². The molecule has 2 aromatic carbocycles. The smallest absolute Gasteiger partial charge is 0.229 e. The van der Waals surface area contributed by atoms with Crippen LogP contribution in [-0.4, -0.2) is 24.1 Å². The van der Waals surface area contributed by atoms with Crippen LogP contribution < -0.4 is 10.2 Å². The van der Waals surface area contributed by atoms with Gasteiger partial charge >= 0.3 is 0 Å². The van der Waals surface area contributed by atoms with E-state index < -0.39 is 11.7 Å². The van der Waals surface area contributed by atoms with Crippen LogP contribution in [0.3, 0.4) is 0 Å². The number of ketones is 1. The summed E-state index contributed by atoms with van der Waals surface area (Å²) >= 11 is 0. The zero-order chi connectivity index (χ0) is 18.0. The van der Waals surface area contributed by atoms with Gasteiger partial charge in [-0.15, -0.1) is 0 Å². The number of hydrogen-bond acceptors (Lipinski definition) is 3. The molecule has 5 nitrogen and oxygen atoms in total. The number of carbonyl (C=O) groups excluding carboxylic acids is 3. The van der Waals surface area contributed by atoms with Crippen molar-refractivity contribution in [3.63, 3.8) is 0 Å². The Morgan fingerprint density at radius 1 is 1.12 bits per heavy atom. The average Bonchev–Trinajstić information content (AvgIpc) is 2.97. The second-order valence-electron chi connectivity index (χ2n) is 5.98. The number of carbonyl (C=O) groups is 3. The number of anilines is 2. The van der Waals surface area contributed by atoms with Gasteiger partial charge in [-0.25, -0.2) is 4.39 Å². The minimum Gasteiger partial charge on any atom is -0.326 e. The molecule has 1 heterocycles. The third kappa shape index (κ3) is 3.57. The lowest BCUT2D eigenvalue weighted by atomic mass is 10.1. The first-order valence-corrected chi connectivity index (χ1v) is 7.92. The van der Waals surface area contributed by atoms with E-state index >= 15 is 0 Å².